The van der Waals surface area contributed by atoms with Gasteiger partial charge in [0.2, 0.25) is 5.13 Å². The van der Waals surface area contributed by atoms with Crippen LogP contribution < -0.4 is 9.64 Å². The van der Waals surface area contributed by atoms with Crippen molar-refractivity contribution in [3.05, 3.63) is 72.3 Å². The second-order valence-corrected chi connectivity index (χ2v) is 7.83. The molecule has 2 aromatic carbocycles. The lowest BCUT2D eigenvalue weighted by molar-refractivity contribution is -0.138. The van der Waals surface area contributed by atoms with Crippen molar-refractivity contribution >= 4 is 22.4 Å². The van der Waals surface area contributed by atoms with E-state index in [1.54, 1.807) is 24.3 Å². The summed E-state index contributed by atoms with van der Waals surface area (Å²) in [5, 5.41) is 8.78. The van der Waals surface area contributed by atoms with Crippen LogP contribution in [0.2, 0.25) is 0 Å². The van der Waals surface area contributed by atoms with E-state index in [1.165, 1.54) is 23.1 Å². The standard InChI is InChI=1S/C23H22F3N3O2S/c1-3-5-13-29(21(30)16-9-7-6-8-10-16)22-28-27-20(32-22)17-11-12-19(31-14-4-2)18(15-17)23(24,25)26/h4,6-12,15H,2-3,5,13-14H2,1H3. The number of anilines is 1. The van der Waals surface area contributed by atoms with Gasteiger partial charge in [0.05, 0.1) is 5.56 Å². The molecule has 1 heterocycles. The van der Waals surface area contributed by atoms with Crippen LogP contribution in [0.4, 0.5) is 18.3 Å². The molecule has 0 aliphatic heterocycles. The molecule has 9 heteroatoms. The number of hydrogen-bond acceptors (Lipinski definition) is 5. The minimum Gasteiger partial charge on any atom is -0.489 e. The monoisotopic (exact) mass is 461 g/mol. The van der Waals surface area contributed by atoms with Gasteiger partial charge in [-0.15, -0.1) is 10.2 Å². The molecule has 0 atom stereocenters. The fourth-order valence-electron chi connectivity index (χ4n) is 2.94. The van der Waals surface area contributed by atoms with Crippen LogP contribution in [0, 0.1) is 0 Å². The summed E-state index contributed by atoms with van der Waals surface area (Å²) in [4.78, 5) is 14.5. The summed E-state index contributed by atoms with van der Waals surface area (Å²) in [5.41, 5.74) is -0.158. The first kappa shape index (κ1) is 23.5. The average molecular weight is 462 g/mol. The Morgan fingerprint density at radius 2 is 1.94 bits per heavy atom. The molecular formula is C23H22F3N3O2S. The average Bonchev–Trinajstić information content (AvgIpc) is 3.27. The lowest BCUT2D eigenvalue weighted by atomic mass is 10.1. The van der Waals surface area contributed by atoms with Crippen LogP contribution in [0.1, 0.15) is 35.7 Å². The van der Waals surface area contributed by atoms with Gasteiger partial charge >= 0.3 is 6.18 Å². The third-order valence-corrected chi connectivity index (χ3v) is 5.53. The Labute approximate surface area is 188 Å². The zero-order valence-corrected chi connectivity index (χ0v) is 18.2. The minimum absolute atomic E-state index is 0.0423. The lowest BCUT2D eigenvalue weighted by Gasteiger charge is -2.19. The molecule has 0 saturated heterocycles. The summed E-state index contributed by atoms with van der Waals surface area (Å²) in [7, 11) is 0. The number of amides is 1. The van der Waals surface area contributed by atoms with Gasteiger partial charge in [0.15, 0.2) is 0 Å². The summed E-state index contributed by atoms with van der Waals surface area (Å²) in [6.45, 7) is 5.85. The molecule has 0 saturated carbocycles. The molecule has 32 heavy (non-hydrogen) atoms. The van der Waals surface area contributed by atoms with Crippen molar-refractivity contribution in [2.75, 3.05) is 18.1 Å². The highest BCUT2D eigenvalue weighted by Gasteiger charge is 2.35. The largest absolute Gasteiger partial charge is 0.489 e. The Hall–Kier alpha value is -3.20. The Bertz CT molecular complexity index is 1070. The number of nitrogens with zero attached hydrogens (tertiary/aromatic N) is 3. The SMILES string of the molecule is C=CCOc1ccc(-c2nnc(N(CCCC)C(=O)c3ccccc3)s2)cc1C(F)(F)F. The van der Waals surface area contributed by atoms with Crippen molar-refractivity contribution in [3.8, 4) is 16.3 Å². The topological polar surface area (TPSA) is 55.3 Å². The van der Waals surface area contributed by atoms with Crippen LogP contribution in [-0.2, 0) is 6.18 Å². The maximum absolute atomic E-state index is 13.5. The van der Waals surface area contributed by atoms with Crippen LogP contribution in [-0.4, -0.2) is 29.3 Å². The van der Waals surface area contributed by atoms with E-state index in [-0.39, 0.29) is 28.8 Å². The number of alkyl halides is 3. The summed E-state index contributed by atoms with van der Waals surface area (Å²) >= 11 is 1.07. The third kappa shape index (κ3) is 5.53. The van der Waals surface area contributed by atoms with Gasteiger partial charge in [0, 0.05) is 17.7 Å². The number of halogens is 3. The van der Waals surface area contributed by atoms with Crippen LogP contribution in [0.5, 0.6) is 5.75 Å². The van der Waals surface area contributed by atoms with Crippen LogP contribution in [0.25, 0.3) is 10.6 Å². The fourth-order valence-corrected chi connectivity index (χ4v) is 3.80. The first-order valence-electron chi connectivity index (χ1n) is 10.0. The summed E-state index contributed by atoms with van der Waals surface area (Å²) in [6.07, 6.45) is -1.61. The van der Waals surface area contributed by atoms with E-state index in [0.717, 1.165) is 30.2 Å². The van der Waals surface area contributed by atoms with Gasteiger partial charge in [-0.25, -0.2) is 0 Å². The number of rotatable bonds is 9. The molecule has 1 aromatic heterocycles. The molecule has 0 radical (unpaired) electrons. The molecular weight excluding hydrogens is 439 g/mol. The summed E-state index contributed by atoms with van der Waals surface area (Å²) in [6, 6.07) is 12.5. The third-order valence-electron chi connectivity index (χ3n) is 4.54. The Balaban J connectivity index is 1.94. The molecule has 168 valence electrons. The molecule has 0 aliphatic rings. The van der Waals surface area contributed by atoms with Gasteiger partial charge in [0.25, 0.3) is 5.91 Å². The Kier molecular flexibility index (Phi) is 7.63. The van der Waals surface area contributed by atoms with E-state index in [2.05, 4.69) is 16.8 Å². The second-order valence-electron chi connectivity index (χ2n) is 6.87. The van der Waals surface area contributed by atoms with E-state index in [0.29, 0.717) is 17.2 Å². The Morgan fingerprint density at radius 3 is 2.59 bits per heavy atom. The quantitative estimate of drug-likeness (QED) is 0.354. The van der Waals surface area contributed by atoms with Crippen LogP contribution in [0.3, 0.4) is 0 Å². The number of unbranched alkanes of at least 4 members (excludes halogenated alkanes) is 1. The van der Waals surface area contributed by atoms with Crippen LogP contribution >= 0.6 is 11.3 Å². The first-order valence-corrected chi connectivity index (χ1v) is 10.8. The van der Waals surface area contributed by atoms with Gasteiger partial charge in [-0.05, 0) is 36.8 Å². The van der Waals surface area contributed by atoms with E-state index in [1.807, 2.05) is 13.0 Å². The van der Waals surface area contributed by atoms with Crippen molar-refractivity contribution in [1.82, 2.24) is 10.2 Å². The highest BCUT2D eigenvalue weighted by Crippen LogP contribution is 2.40. The van der Waals surface area contributed by atoms with Gasteiger partial charge in [-0.3, -0.25) is 9.69 Å². The van der Waals surface area contributed by atoms with Gasteiger partial charge < -0.3 is 4.74 Å². The maximum Gasteiger partial charge on any atom is 0.419 e. The molecule has 0 fully saturated rings. The van der Waals surface area contributed by atoms with Crippen molar-refractivity contribution in [3.63, 3.8) is 0 Å². The van der Waals surface area contributed by atoms with E-state index in [4.69, 9.17) is 4.74 Å². The molecule has 0 spiro atoms. The molecule has 0 bridgehead atoms. The molecule has 1 amide bonds. The zero-order valence-electron chi connectivity index (χ0n) is 17.4. The van der Waals surface area contributed by atoms with E-state index in [9.17, 15) is 18.0 Å². The predicted molar refractivity (Wildman–Crippen MR) is 119 cm³/mol. The van der Waals surface area contributed by atoms with E-state index >= 15 is 0 Å². The van der Waals surface area contributed by atoms with Crippen molar-refractivity contribution < 1.29 is 22.7 Å². The van der Waals surface area contributed by atoms with Crippen molar-refractivity contribution in [1.29, 1.82) is 0 Å². The molecule has 0 unspecified atom stereocenters. The predicted octanol–water partition coefficient (Wildman–Crippen LogP) is 6.24. The zero-order chi connectivity index (χ0) is 23.1. The van der Waals surface area contributed by atoms with Crippen LogP contribution in [0.15, 0.2) is 61.2 Å². The lowest BCUT2D eigenvalue weighted by Crippen LogP contribution is -2.31. The number of carbonyl (C=O) groups excluding carboxylic acids is 1. The molecule has 3 rings (SSSR count). The van der Waals surface area contributed by atoms with Gasteiger partial charge in [-0.1, -0.05) is 55.5 Å². The number of aromatic nitrogens is 2. The first-order chi connectivity index (χ1) is 15.3. The van der Waals surface area contributed by atoms with Crippen molar-refractivity contribution in [2.24, 2.45) is 0 Å². The fraction of sp³-hybridized carbons (Fsp3) is 0.261. The number of benzene rings is 2. The molecule has 3 aromatic rings. The number of hydrogen-bond donors (Lipinski definition) is 0. The minimum atomic E-state index is -4.60. The molecule has 5 nitrogen and oxygen atoms in total. The highest BCUT2D eigenvalue weighted by atomic mass is 32.1. The molecule has 0 N–H and O–H groups in total. The van der Waals surface area contributed by atoms with Crippen molar-refractivity contribution in [2.45, 2.75) is 25.9 Å². The highest BCUT2D eigenvalue weighted by molar-refractivity contribution is 7.18. The Morgan fingerprint density at radius 1 is 1.19 bits per heavy atom. The smallest absolute Gasteiger partial charge is 0.419 e. The van der Waals surface area contributed by atoms with Gasteiger partial charge in [0.1, 0.15) is 17.4 Å². The summed E-state index contributed by atoms with van der Waals surface area (Å²) in [5.74, 6) is -0.513. The normalized spacial score (nSPS) is 11.2. The summed E-state index contributed by atoms with van der Waals surface area (Å²) < 4.78 is 45.8. The van der Waals surface area contributed by atoms with E-state index < -0.39 is 11.7 Å². The number of ether oxygens (including phenoxy) is 1. The second kappa shape index (κ2) is 10.4. The van der Waals surface area contributed by atoms with Gasteiger partial charge in [-0.2, -0.15) is 13.2 Å². The molecule has 0 aliphatic carbocycles. The number of carbonyl (C=O) groups is 1. The maximum atomic E-state index is 13.5.